The minimum Gasteiger partial charge on any atom is -0.487 e. The Balaban J connectivity index is 2.57. The number of carbonyl (C=O) groups is 1. The number of amides is 1. The van der Waals surface area contributed by atoms with Crippen LogP contribution in [0.15, 0.2) is 17.2 Å². The van der Waals surface area contributed by atoms with Gasteiger partial charge in [0, 0.05) is 6.20 Å². The zero-order valence-corrected chi connectivity index (χ0v) is 9.61. The molecular weight excluding hydrogens is 246 g/mol. The number of hydrogen-bond donors (Lipinski definition) is 2. The zero-order valence-electron chi connectivity index (χ0n) is 8.79. The summed E-state index contributed by atoms with van der Waals surface area (Å²) in [5, 5.41) is 5.04. The van der Waals surface area contributed by atoms with Crippen molar-refractivity contribution in [1.82, 2.24) is 4.98 Å². The summed E-state index contributed by atoms with van der Waals surface area (Å²) in [7, 11) is -3.98. The monoisotopic (exact) mass is 257 g/mol. The molecule has 4 N–H and O–H groups in total. The molecule has 0 saturated heterocycles. The van der Waals surface area contributed by atoms with Crippen LogP contribution in [0.5, 0.6) is 5.75 Å². The number of nitrogens with two attached hydrogens (primary N) is 2. The Bertz CT molecular complexity index is 566. The molecule has 2 rings (SSSR count). The van der Waals surface area contributed by atoms with Crippen LogP contribution in [0, 0.1) is 0 Å². The van der Waals surface area contributed by atoms with Crippen molar-refractivity contribution in [3.05, 3.63) is 18.0 Å². The van der Waals surface area contributed by atoms with E-state index in [-0.39, 0.29) is 22.4 Å². The fourth-order valence-corrected chi connectivity index (χ4v) is 1.95. The number of pyridine rings is 1. The molecule has 1 amide bonds. The van der Waals surface area contributed by atoms with Gasteiger partial charge in [-0.3, -0.25) is 4.79 Å². The topological polar surface area (TPSA) is 125 Å². The van der Waals surface area contributed by atoms with Crippen molar-refractivity contribution in [3.63, 3.8) is 0 Å². The predicted octanol–water partition coefficient (Wildman–Crippen LogP) is -0.631. The summed E-state index contributed by atoms with van der Waals surface area (Å²) < 4.78 is 28.0. The normalized spacial score (nSPS) is 15.6. The van der Waals surface area contributed by atoms with Crippen LogP contribution in [-0.2, 0) is 10.0 Å². The van der Waals surface area contributed by atoms with E-state index in [9.17, 15) is 13.2 Å². The molecule has 0 aliphatic heterocycles. The number of nitrogens with zero attached hydrogens (tertiary/aromatic N) is 1. The average Bonchev–Trinajstić information content (AvgIpc) is 3.00. The van der Waals surface area contributed by atoms with Gasteiger partial charge in [0.15, 0.2) is 11.4 Å². The van der Waals surface area contributed by atoms with Gasteiger partial charge in [-0.25, -0.2) is 18.5 Å². The maximum atomic E-state index is 11.3. The first-order valence-corrected chi connectivity index (χ1v) is 6.42. The second-order valence-electron chi connectivity index (χ2n) is 3.71. The van der Waals surface area contributed by atoms with E-state index in [0.717, 1.165) is 19.0 Å². The van der Waals surface area contributed by atoms with Gasteiger partial charge in [-0.2, -0.15) is 0 Å². The van der Waals surface area contributed by atoms with Gasteiger partial charge >= 0.3 is 0 Å². The number of primary amides is 1. The lowest BCUT2D eigenvalue weighted by atomic mass is 10.3. The highest BCUT2D eigenvalue weighted by molar-refractivity contribution is 7.89. The smallest absolute Gasteiger partial charge is 0.271 e. The molecule has 0 spiro atoms. The van der Waals surface area contributed by atoms with Crippen LogP contribution in [0.3, 0.4) is 0 Å². The van der Waals surface area contributed by atoms with Crippen molar-refractivity contribution in [3.8, 4) is 5.75 Å². The molecule has 1 fully saturated rings. The van der Waals surface area contributed by atoms with Crippen LogP contribution < -0.4 is 15.6 Å². The largest absolute Gasteiger partial charge is 0.487 e. The summed E-state index contributed by atoms with van der Waals surface area (Å²) in [4.78, 5) is 14.6. The van der Waals surface area contributed by atoms with Crippen LogP contribution >= 0.6 is 0 Å². The highest BCUT2D eigenvalue weighted by Crippen LogP contribution is 2.32. The van der Waals surface area contributed by atoms with Gasteiger partial charge in [0.05, 0.1) is 6.10 Å². The average molecular weight is 257 g/mol. The molecule has 1 saturated carbocycles. The fraction of sp³-hybridized carbons (Fsp3) is 0.333. The first-order chi connectivity index (χ1) is 7.89. The third-order valence-electron chi connectivity index (χ3n) is 2.22. The number of primary sulfonamides is 1. The number of sulfonamides is 1. The standard InChI is InChI=1S/C9H11N3O4S/c10-9(13)7-8(16-5-1-2-5)6(3-4-12-7)17(11,14)15/h3-5H,1-2H2,(H2,10,13)(H2,11,14,15). The lowest BCUT2D eigenvalue weighted by Crippen LogP contribution is -2.20. The Morgan fingerprint density at radius 1 is 1.47 bits per heavy atom. The maximum Gasteiger partial charge on any atom is 0.271 e. The Hall–Kier alpha value is -1.67. The molecule has 8 heteroatoms. The van der Waals surface area contributed by atoms with Gasteiger partial charge in [-0.15, -0.1) is 0 Å². The molecular formula is C9H11N3O4S. The minimum atomic E-state index is -3.98. The lowest BCUT2D eigenvalue weighted by molar-refractivity contribution is 0.0990. The minimum absolute atomic E-state index is 0.0993. The van der Waals surface area contributed by atoms with E-state index in [4.69, 9.17) is 15.6 Å². The van der Waals surface area contributed by atoms with Gasteiger partial charge in [0.2, 0.25) is 10.0 Å². The van der Waals surface area contributed by atoms with Crippen molar-refractivity contribution in [2.24, 2.45) is 10.9 Å². The Morgan fingerprint density at radius 2 is 2.12 bits per heavy atom. The molecule has 0 radical (unpaired) electrons. The summed E-state index contributed by atoms with van der Waals surface area (Å²) in [5.74, 6) is -1.00. The summed E-state index contributed by atoms with van der Waals surface area (Å²) in [6, 6.07) is 1.18. The van der Waals surface area contributed by atoms with E-state index in [1.165, 1.54) is 6.07 Å². The molecule has 92 valence electrons. The molecule has 0 bridgehead atoms. The molecule has 7 nitrogen and oxygen atoms in total. The molecule has 1 aliphatic carbocycles. The molecule has 0 atom stereocenters. The fourth-order valence-electron chi connectivity index (χ4n) is 1.30. The third kappa shape index (κ3) is 2.53. The van der Waals surface area contributed by atoms with Crippen molar-refractivity contribution >= 4 is 15.9 Å². The van der Waals surface area contributed by atoms with Gasteiger partial charge in [0.1, 0.15) is 4.90 Å². The molecule has 1 aliphatic rings. The van der Waals surface area contributed by atoms with Crippen LogP contribution in [-0.4, -0.2) is 25.4 Å². The molecule has 17 heavy (non-hydrogen) atoms. The first-order valence-electron chi connectivity index (χ1n) is 4.88. The van der Waals surface area contributed by atoms with Crippen LogP contribution in [0.2, 0.25) is 0 Å². The summed E-state index contributed by atoms with van der Waals surface area (Å²) >= 11 is 0. The number of hydrogen-bond acceptors (Lipinski definition) is 5. The van der Waals surface area contributed by atoms with E-state index in [2.05, 4.69) is 4.98 Å². The molecule has 0 unspecified atom stereocenters. The first kappa shape index (κ1) is 11.8. The SMILES string of the molecule is NC(=O)c1nccc(S(N)(=O)=O)c1OC1CC1. The molecule has 1 heterocycles. The van der Waals surface area contributed by atoms with Crippen molar-refractivity contribution < 1.29 is 17.9 Å². The van der Waals surface area contributed by atoms with Gasteiger partial charge in [-0.05, 0) is 18.9 Å². The number of rotatable bonds is 4. The summed E-state index contributed by atoms with van der Waals surface area (Å²) in [6.45, 7) is 0. The van der Waals surface area contributed by atoms with E-state index < -0.39 is 15.9 Å². The highest BCUT2D eigenvalue weighted by Gasteiger charge is 2.30. The van der Waals surface area contributed by atoms with Crippen molar-refractivity contribution in [2.75, 3.05) is 0 Å². The Kier molecular flexibility index (Phi) is 2.76. The van der Waals surface area contributed by atoms with Crippen LogP contribution in [0.25, 0.3) is 0 Å². The van der Waals surface area contributed by atoms with E-state index in [0.29, 0.717) is 0 Å². The third-order valence-corrected chi connectivity index (χ3v) is 3.15. The Labute approximate surface area is 97.8 Å². The van der Waals surface area contributed by atoms with Gasteiger partial charge in [0.25, 0.3) is 5.91 Å². The molecule has 1 aromatic heterocycles. The number of carbonyl (C=O) groups excluding carboxylic acids is 1. The van der Waals surface area contributed by atoms with E-state index in [1.807, 2.05) is 0 Å². The van der Waals surface area contributed by atoms with Gasteiger partial charge < -0.3 is 10.5 Å². The predicted molar refractivity (Wildman–Crippen MR) is 57.8 cm³/mol. The zero-order chi connectivity index (χ0) is 12.6. The lowest BCUT2D eigenvalue weighted by Gasteiger charge is -2.11. The summed E-state index contributed by atoms with van der Waals surface area (Å²) in [6.07, 6.45) is 2.66. The van der Waals surface area contributed by atoms with Crippen molar-refractivity contribution in [1.29, 1.82) is 0 Å². The van der Waals surface area contributed by atoms with E-state index in [1.54, 1.807) is 0 Å². The second kappa shape index (κ2) is 3.97. The number of aromatic nitrogens is 1. The second-order valence-corrected chi connectivity index (χ2v) is 5.24. The molecule has 1 aromatic rings. The maximum absolute atomic E-state index is 11.3. The molecule has 0 aromatic carbocycles. The highest BCUT2D eigenvalue weighted by atomic mass is 32.2. The number of ether oxygens (including phenoxy) is 1. The van der Waals surface area contributed by atoms with Gasteiger partial charge in [-0.1, -0.05) is 0 Å². The quantitative estimate of drug-likeness (QED) is 0.742. The van der Waals surface area contributed by atoms with Crippen molar-refractivity contribution in [2.45, 2.75) is 23.8 Å². The van der Waals surface area contributed by atoms with Crippen LogP contribution in [0.4, 0.5) is 0 Å². The Morgan fingerprint density at radius 3 is 2.59 bits per heavy atom. The van der Waals surface area contributed by atoms with Crippen LogP contribution in [0.1, 0.15) is 23.3 Å². The van der Waals surface area contributed by atoms with E-state index >= 15 is 0 Å². The summed E-state index contributed by atoms with van der Waals surface area (Å²) in [5.41, 5.74) is 4.89.